The predicted molar refractivity (Wildman–Crippen MR) is 53.3 cm³/mol. The van der Waals surface area contributed by atoms with Gasteiger partial charge < -0.3 is 0 Å². The minimum atomic E-state index is 1.02. The standard InChI is InChI=1S/C10H12N2/c1-3-9-12(11-2)10-7-5-4-6-8-10/h3-9H,2H2,1H3/b9-3+. The first kappa shape index (κ1) is 8.53. The first-order valence-corrected chi connectivity index (χ1v) is 3.82. The van der Waals surface area contributed by atoms with Crippen molar-refractivity contribution < 1.29 is 0 Å². The van der Waals surface area contributed by atoms with Crippen molar-refractivity contribution in [2.24, 2.45) is 5.10 Å². The van der Waals surface area contributed by atoms with Crippen molar-refractivity contribution in [1.29, 1.82) is 0 Å². The Kier molecular flexibility index (Phi) is 3.08. The Morgan fingerprint density at radius 3 is 2.50 bits per heavy atom. The van der Waals surface area contributed by atoms with Gasteiger partial charge in [0.25, 0.3) is 0 Å². The van der Waals surface area contributed by atoms with Crippen LogP contribution < -0.4 is 5.01 Å². The Labute approximate surface area is 72.8 Å². The van der Waals surface area contributed by atoms with Crippen LogP contribution in [-0.4, -0.2) is 6.72 Å². The lowest BCUT2D eigenvalue weighted by Gasteiger charge is -2.12. The van der Waals surface area contributed by atoms with Gasteiger partial charge in [-0.05, 0) is 19.1 Å². The first-order chi connectivity index (χ1) is 5.88. The van der Waals surface area contributed by atoms with Crippen molar-refractivity contribution in [1.82, 2.24) is 0 Å². The second kappa shape index (κ2) is 4.34. The number of hydrogen-bond donors (Lipinski definition) is 0. The van der Waals surface area contributed by atoms with Gasteiger partial charge >= 0.3 is 0 Å². The molecule has 62 valence electrons. The summed E-state index contributed by atoms with van der Waals surface area (Å²) in [6.45, 7) is 5.43. The molecule has 0 aliphatic heterocycles. The molecule has 0 radical (unpaired) electrons. The highest BCUT2D eigenvalue weighted by Crippen LogP contribution is 2.12. The van der Waals surface area contributed by atoms with Crippen LogP contribution in [-0.2, 0) is 0 Å². The summed E-state index contributed by atoms with van der Waals surface area (Å²) in [6.07, 6.45) is 3.78. The smallest absolute Gasteiger partial charge is 0.0645 e. The van der Waals surface area contributed by atoms with E-state index in [0.29, 0.717) is 0 Å². The molecule has 0 spiro atoms. The lowest BCUT2D eigenvalue weighted by molar-refractivity contribution is 1.09. The third-order valence-electron chi connectivity index (χ3n) is 1.46. The number of anilines is 1. The molecule has 0 saturated carbocycles. The third kappa shape index (κ3) is 1.95. The normalized spacial score (nSPS) is 10.1. The molecule has 0 aliphatic carbocycles. The summed E-state index contributed by atoms with van der Waals surface area (Å²) >= 11 is 0. The third-order valence-corrected chi connectivity index (χ3v) is 1.46. The average molecular weight is 160 g/mol. The maximum atomic E-state index is 3.84. The Morgan fingerprint density at radius 2 is 2.00 bits per heavy atom. The molecule has 1 aromatic carbocycles. The van der Waals surface area contributed by atoms with E-state index in [1.807, 2.05) is 49.5 Å². The van der Waals surface area contributed by atoms with Gasteiger partial charge in [-0.3, -0.25) is 0 Å². The Morgan fingerprint density at radius 1 is 1.33 bits per heavy atom. The van der Waals surface area contributed by atoms with E-state index in [0.717, 1.165) is 5.69 Å². The molecule has 0 aliphatic rings. The van der Waals surface area contributed by atoms with Gasteiger partial charge in [-0.2, -0.15) is 5.10 Å². The highest BCUT2D eigenvalue weighted by atomic mass is 15.4. The highest BCUT2D eigenvalue weighted by molar-refractivity contribution is 5.49. The van der Waals surface area contributed by atoms with Crippen LogP contribution >= 0.6 is 0 Å². The van der Waals surface area contributed by atoms with E-state index in [-0.39, 0.29) is 0 Å². The lowest BCUT2D eigenvalue weighted by Crippen LogP contribution is -2.05. The van der Waals surface area contributed by atoms with Gasteiger partial charge in [-0.25, -0.2) is 5.01 Å². The molecular formula is C10H12N2. The summed E-state index contributed by atoms with van der Waals surface area (Å²) < 4.78 is 0. The van der Waals surface area contributed by atoms with Crippen LogP contribution in [0.1, 0.15) is 6.92 Å². The minimum Gasteiger partial charge on any atom is -0.242 e. The molecule has 0 amide bonds. The van der Waals surface area contributed by atoms with E-state index >= 15 is 0 Å². The summed E-state index contributed by atoms with van der Waals surface area (Å²) in [6, 6.07) is 9.87. The molecule has 0 unspecified atom stereocenters. The molecular weight excluding hydrogens is 148 g/mol. The van der Waals surface area contributed by atoms with Gasteiger partial charge in [-0.1, -0.05) is 24.3 Å². The molecule has 12 heavy (non-hydrogen) atoms. The molecule has 1 rings (SSSR count). The lowest BCUT2D eigenvalue weighted by atomic mass is 10.3. The van der Waals surface area contributed by atoms with Crippen molar-refractivity contribution in [2.45, 2.75) is 6.92 Å². The van der Waals surface area contributed by atoms with Crippen molar-refractivity contribution in [3.63, 3.8) is 0 Å². The second-order valence-corrected chi connectivity index (χ2v) is 2.30. The quantitative estimate of drug-likeness (QED) is 0.490. The van der Waals surface area contributed by atoms with Crippen LogP contribution in [0.2, 0.25) is 0 Å². The summed E-state index contributed by atoms with van der Waals surface area (Å²) in [5.74, 6) is 0. The van der Waals surface area contributed by atoms with Gasteiger partial charge in [0.1, 0.15) is 0 Å². The molecule has 1 aromatic rings. The molecule has 0 bridgehead atoms. The Bertz CT molecular complexity index is 264. The number of hydrazone groups is 1. The average Bonchev–Trinajstić information content (AvgIpc) is 2.15. The minimum absolute atomic E-state index is 1.02. The molecule has 0 atom stereocenters. The topological polar surface area (TPSA) is 15.6 Å². The fraction of sp³-hybridized carbons (Fsp3) is 0.100. The van der Waals surface area contributed by atoms with Gasteiger partial charge in [-0.15, -0.1) is 0 Å². The van der Waals surface area contributed by atoms with E-state index in [2.05, 4.69) is 11.8 Å². The largest absolute Gasteiger partial charge is 0.242 e. The van der Waals surface area contributed by atoms with Gasteiger partial charge in [0, 0.05) is 12.9 Å². The van der Waals surface area contributed by atoms with E-state index in [1.165, 1.54) is 0 Å². The fourth-order valence-corrected chi connectivity index (χ4v) is 0.937. The van der Waals surface area contributed by atoms with E-state index in [1.54, 1.807) is 5.01 Å². The van der Waals surface area contributed by atoms with Crippen LogP contribution in [0.5, 0.6) is 0 Å². The Hall–Kier alpha value is -1.57. The number of hydrogen-bond acceptors (Lipinski definition) is 2. The van der Waals surface area contributed by atoms with E-state index in [4.69, 9.17) is 0 Å². The highest BCUT2D eigenvalue weighted by Gasteiger charge is 1.95. The van der Waals surface area contributed by atoms with Crippen LogP contribution in [0.25, 0.3) is 0 Å². The molecule has 0 aromatic heterocycles. The SMILES string of the molecule is C=NN(/C=C/C)c1ccccc1. The maximum Gasteiger partial charge on any atom is 0.0645 e. The zero-order chi connectivity index (χ0) is 8.81. The van der Waals surface area contributed by atoms with Gasteiger partial charge in [0.05, 0.1) is 5.69 Å². The van der Waals surface area contributed by atoms with Gasteiger partial charge in [0.15, 0.2) is 0 Å². The summed E-state index contributed by atoms with van der Waals surface area (Å²) in [5.41, 5.74) is 1.02. The zero-order valence-corrected chi connectivity index (χ0v) is 7.14. The summed E-state index contributed by atoms with van der Waals surface area (Å²) in [7, 11) is 0. The first-order valence-electron chi connectivity index (χ1n) is 3.82. The zero-order valence-electron chi connectivity index (χ0n) is 7.14. The van der Waals surface area contributed by atoms with Crippen LogP contribution in [0, 0.1) is 0 Å². The Balaban J connectivity index is 2.87. The van der Waals surface area contributed by atoms with Crippen molar-refractivity contribution in [3.05, 3.63) is 42.6 Å². The molecule has 0 heterocycles. The summed E-state index contributed by atoms with van der Waals surface area (Å²) in [4.78, 5) is 0. The molecule has 0 saturated heterocycles. The summed E-state index contributed by atoms with van der Waals surface area (Å²) in [5, 5.41) is 5.57. The molecule has 0 fully saturated rings. The van der Waals surface area contributed by atoms with E-state index in [9.17, 15) is 0 Å². The maximum absolute atomic E-state index is 3.84. The van der Waals surface area contributed by atoms with Crippen molar-refractivity contribution in [2.75, 3.05) is 5.01 Å². The number of para-hydroxylation sites is 1. The van der Waals surface area contributed by atoms with Gasteiger partial charge in [0.2, 0.25) is 0 Å². The monoisotopic (exact) mass is 160 g/mol. The van der Waals surface area contributed by atoms with Crippen LogP contribution in [0.3, 0.4) is 0 Å². The van der Waals surface area contributed by atoms with Crippen LogP contribution in [0.15, 0.2) is 47.7 Å². The number of nitrogens with zero attached hydrogens (tertiary/aromatic N) is 2. The van der Waals surface area contributed by atoms with E-state index < -0.39 is 0 Å². The molecule has 0 N–H and O–H groups in total. The van der Waals surface area contributed by atoms with Crippen molar-refractivity contribution >= 4 is 12.4 Å². The van der Waals surface area contributed by atoms with Crippen LogP contribution in [0.4, 0.5) is 5.69 Å². The second-order valence-electron chi connectivity index (χ2n) is 2.30. The molecule has 2 heteroatoms. The number of allylic oxidation sites excluding steroid dienone is 1. The fourth-order valence-electron chi connectivity index (χ4n) is 0.937. The number of rotatable bonds is 3. The number of benzene rings is 1. The van der Waals surface area contributed by atoms with Crippen molar-refractivity contribution in [3.8, 4) is 0 Å². The molecule has 2 nitrogen and oxygen atoms in total. The predicted octanol–water partition coefficient (Wildman–Crippen LogP) is 2.64.